The number of carboxylic acids is 1. The molecule has 0 bridgehead atoms. The predicted octanol–water partition coefficient (Wildman–Crippen LogP) is 3.52. The van der Waals surface area contributed by atoms with Crippen molar-refractivity contribution < 1.29 is 14.7 Å². The number of halogens is 1. The van der Waals surface area contributed by atoms with E-state index in [0.717, 1.165) is 0 Å². The zero-order valence-corrected chi connectivity index (χ0v) is 10.0. The van der Waals surface area contributed by atoms with E-state index in [-0.39, 0.29) is 10.6 Å². The molecular formula is C14H9ClO3. The molecule has 3 nitrogen and oxygen atoms in total. The number of hydrogen-bond donors (Lipinski definition) is 1. The van der Waals surface area contributed by atoms with Crippen LogP contribution in [-0.4, -0.2) is 17.4 Å². The number of hydrogen-bond acceptors (Lipinski definition) is 2. The molecule has 1 N–H and O–H groups in total. The van der Waals surface area contributed by atoms with Crippen molar-refractivity contribution in [1.29, 1.82) is 0 Å². The molecule has 0 amide bonds. The molecule has 0 heterocycles. The van der Waals surface area contributed by atoms with Crippen molar-refractivity contribution in [2.45, 2.75) is 0 Å². The largest absolute Gasteiger partial charge is 0.478 e. The average Bonchev–Trinajstić information content (AvgIpc) is 2.38. The van der Waals surface area contributed by atoms with Crippen LogP contribution in [0.3, 0.4) is 0 Å². The van der Waals surface area contributed by atoms with Crippen LogP contribution in [0.15, 0.2) is 42.5 Å². The molecule has 0 aliphatic rings. The van der Waals surface area contributed by atoms with Crippen LogP contribution in [0.1, 0.15) is 20.7 Å². The number of rotatable bonds is 3. The predicted molar refractivity (Wildman–Crippen MR) is 69.2 cm³/mol. The monoisotopic (exact) mass is 260 g/mol. The quantitative estimate of drug-likeness (QED) is 0.859. The third-order valence-electron chi connectivity index (χ3n) is 2.61. The van der Waals surface area contributed by atoms with Crippen LogP contribution >= 0.6 is 11.6 Å². The van der Waals surface area contributed by atoms with Gasteiger partial charge in [-0.3, -0.25) is 4.79 Å². The first-order chi connectivity index (χ1) is 8.65. The van der Waals surface area contributed by atoms with E-state index < -0.39 is 5.97 Å². The van der Waals surface area contributed by atoms with Gasteiger partial charge in [0.15, 0.2) is 6.29 Å². The lowest BCUT2D eigenvalue weighted by Crippen LogP contribution is -2.01. The van der Waals surface area contributed by atoms with Crippen LogP contribution in [0.5, 0.6) is 0 Å². The van der Waals surface area contributed by atoms with E-state index >= 15 is 0 Å². The summed E-state index contributed by atoms with van der Waals surface area (Å²) in [7, 11) is 0. The SMILES string of the molecule is O=Cc1ccccc1-c1cccc(Cl)c1C(=O)O. The molecule has 0 aliphatic carbocycles. The number of carbonyl (C=O) groups is 2. The topological polar surface area (TPSA) is 54.4 Å². The number of aldehydes is 1. The minimum Gasteiger partial charge on any atom is -0.478 e. The Morgan fingerprint density at radius 2 is 1.72 bits per heavy atom. The van der Waals surface area contributed by atoms with Crippen molar-refractivity contribution in [3.05, 3.63) is 58.6 Å². The van der Waals surface area contributed by atoms with Gasteiger partial charge in [-0.1, -0.05) is 48.0 Å². The van der Waals surface area contributed by atoms with Gasteiger partial charge in [0, 0.05) is 5.56 Å². The minimum absolute atomic E-state index is 0.00784. The fraction of sp³-hybridized carbons (Fsp3) is 0. The van der Waals surface area contributed by atoms with Gasteiger partial charge >= 0.3 is 5.97 Å². The van der Waals surface area contributed by atoms with Crippen LogP contribution < -0.4 is 0 Å². The van der Waals surface area contributed by atoms with Gasteiger partial charge in [0.2, 0.25) is 0 Å². The lowest BCUT2D eigenvalue weighted by atomic mass is 9.96. The minimum atomic E-state index is -1.11. The maximum atomic E-state index is 11.2. The van der Waals surface area contributed by atoms with E-state index in [0.29, 0.717) is 23.0 Å². The maximum absolute atomic E-state index is 11.2. The molecule has 0 atom stereocenters. The van der Waals surface area contributed by atoms with Crippen molar-refractivity contribution in [3.63, 3.8) is 0 Å². The second-order valence-electron chi connectivity index (χ2n) is 3.67. The molecule has 0 saturated carbocycles. The third kappa shape index (κ3) is 2.13. The Morgan fingerprint density at radius 1 is 1.06 bits per heavy atom. The second kappa shape index (κ2) is 5.02. The van der Waals surface area contributed by atoms with Gasteiger partial charge in [-0.15, -0.1) is 0 Å². The zero-order valence-electron chi connectivity index (χ0n) is 9.26. The molecular weight excluding hydrogens is 252 g/mol. The van der Waals surface area contributed by atoms with E-state index in [9.17, 15) is 14.7 Å². The van der Waals surface area contributed by atoms with Crippen molar-refractivity contribution in [2.75, 3.05) is 0 Å². The molecule has 18 heavy (non-hydrogen) atoms. The van der Waals surface area contributed by atoms with E-state index in [1.165, 1.54) is 6.07 Å². The van der Waals surface area contributed by atoms with Gasteiger partial charge in [0.1, 0.15) is 0 Å². The Hall–Kier alpha value is -2.13. The normalized spacial score (nSPS) is 10.1. The van der Waals surface area contributed by atoms with Gasteiger partial charge < -0.3 is 5.11 Å². The average molecular weight is 261 g/mol. The summed E-state index contributed by atoms with van der Waals surface area (Å²) in [6.45, 7) is 0. The highest BCUT2D eigenvalue weighted by Crippen LogP contribution is 2.30. The van der Waals surface area contributed by atoms with E-state index in [4.69, 9.17) is 11.6 Å². The molecule has 0 aromatic heterocycles. The third-order valence-corrected chi connectivity index (χ3v) is 2.92. The fourth-order valence-electron chi connectivity index (χ4n) is 1.81. The van der Waals surface area contributed by atoms with E-state index in [1.807, 2.05) is 0 Å². The Morgan fingerprint density at radius 3 is 2.39 bits per heavy atom. The van der Waals surface area contributed by atoms with Crippen LogP contribution in [-0.2, 0) is 0 Å². The summed E-state index contributed by atoms with van der Waals surface area (Å²) in [4.78, 5) is 22.2. The van der Waals surface area contributed by atoms with E-state index in [2.05, 4.69) is 0 Å². The van der Waals surface area contributed by atoms with Gasteiger partial charge in [-0.25, -0.2) is 4.79 Å². The summed E-state index contributed by atoms with van der Waals surface area (Å²) in [6, 6.07) is 11.6. The van der Waals surface area contributed by atoms with Gasteiger partial charge in [0.25, 0.3) is 0 Å². The molecule has 0 radical (unpaired) electrons. The first kappa shape index (κ1) is 12.3. The summed E-state index contributed by atoms with van der Waals surface area (Å²) >= 11 is 5.90. The smallest absolute Gasteiger partial charge is 0.337 e. The van der Waals surface area contributed by atoms with Crippen LogP contribution in [0.25, 0.3) is 11.1 Å². The number of carbonyl (C=O) groups excluding carboxylic acids is 1. The summed E-state index contributed by atoms with van der Waals surface area (Å²) in [5.41, 5.74) is 1.45. The lowest BCUT2D eigenvalue weighted by molar-refractivity contribution is 0.0697. The Balaban J connectivity index is 2.75. The molecule has 2 rings (SSSR count). The second-order valence-corrected chi connectivity index (χ2v) is 4.08. The van der Waals surface area contributed by atoms with E-state index in [1.54, 1.807) is 36.4 Å². The van der Waals surface area contributed by atoms with Crippen molar-refractivity contribution >= 4 is 23.9 Å². The first-order valence-electron chi connectivity index (χ1n) is 5.21. The highest BCUT2D eigenvalue weighted by atomic mass is 35.5. The van der Waals surface area contributed by atoms with Crippen molar-refractivity contribution in [2.24, 2.45) is 0 Å². The number of benzene rings is 2. The molecule has 0 unspecified atom stereocenters. The van der Waals surface area contributed by atoms with Gasteiger partial charge in [-0.05, 0) is 17.2 Å². The number of aromatic carboxylic acids is 1. The Kier molecular flexibility index (Phi) is 3.44. The van der Waals surface area contributed by atoms with Crippen molar-refractivity contribution in [3.8, 4) is 11.1 Å². The van der Waals surface area contributed by atoms with Crippen LogP contribution in [0.4, 0.5) is 0 Å². The molecule has 2 aromatic rings. The summed E-state index contributed by atoms with van der Waals surface area (Å²) < 4.78 is 0. The summed E-state index contributed by atoms with van der Waals surface area (Å²) in [5, 5.41) is 9.35. The van der Waals surface area contributed by atoms with Crippen molar-refractivity contribution in [1.82, 2.24) is 0 Å². The first-order valence-corrected chi connectivity index (χ1v) is 5.59. The Labute approximate surface area is 109 Å². The molecule has 0 fully saturated rings. The molecule has 0 spiro atoms. The van der Waals surface area contributed by atoms with Gasteiger partial charge in [0.05, 0.1) is 10.6 Å². The lowest BCUT2D eigenvalue weighted by Gasteiger charge is -2.09. The highest BCUT2D eigenvalue weighted by molar-refractivity contribution is 6.34. The summed E-state index contributed by atoms with van der Waals surface area (Å²) in [6.07, 6.45) is 0.696. The molecule has 2 aromatic carbocycles. The molecule has 90 valence electrons. The van der Waals surface area contributed by atoms with Crippen LogP contribution in [0, 0.1) is 0 Å². The summed E-state index contributed by atoms with van der Waals surface area (Å²) in [5.74, 6) is -1.11. The zero-order chi connectivity index (χ0) is 13.1. The molecule has 4 heteroatoms. The maximum Gasteiger partial charge on any atom is 0.337 e. The molecule has 0 saturated heterocycles. The Bertz CT molecular complexity index is 620. The number of carboxylic acid groups (broad SMARTS) is 1. The molecule has 0 aliphatic heterocycles. The standard InChI is InChI=1S/C14H9ClO3/c15-12-7-3-6-11(13(12)14(17)18)10-5-2-1-4-9(10)8-16/h1-8H,(H,17,18). The van der Waals surface area contributed by atoms with Gasteiger partial charge in [-0.2, -0.15) is 0 Å². The fourth-order valence-corrected chi connectivity index (χ4v) is 2.07. The highest BCUT2D eigenvalue weighted by Gasteiger charge is 2.17. The van der Waals surface area contributed by atoms with Crippen LogP contribution in [0.2, 0.25) is 5.02 Å².